The summed E-state index contributed by atoms with van der Waals surface area (Å²) >= 11 is 0. The first kappa shape index (κ1) is 21.3. The summed E-state index contributed by atoms with van der Waals surface area (Å²) in [6, 6.07) is 13.5. The summed E-state index contributed by atoms with van der Waals surface area (Å²) in [6.45, 7) is 3.39. The largest absolute Gasteiger partial charge is 0.491 e. The number of hydrogen-bond donors (Lipinski definition) is 0. The molecule has 6 nitrogen and oxygen atoms in total. The van der Waals surface area contributed by atoms with Crippen molar-refractivity contribution in [2.45, 2.75) is 25.3 Å². The highest BCUT2D eigenvalue weighted by molar-refractivity contribution is 5.94. The molecule has 2 fully saturated rings. The van der Waals surface area contributed by atoms with Gasteiger partial charge in [0.05, 0.1) is 25.7 Å². The van der Waals surface area contributed by atoms with Crippen molar-refractivity contribution in [2.75, 3.05) is 39.5 Å². The van der Waals surface area contributed by atoms with Gasteiger partial charge in [0.1, 0.15) is 18.2 Å². The predicted octanol–water partition coefficient (Wildman–Crippen LogP) is 2.91. The summed E-state index contributed by atoms with van der Waals surface area (Å²) < 4.78 is 25.1. The van der Waals surface area contributed by atoms with E-state index in [0.717, 1.165) is 12.8 Å². The fourth-order valence-electron chi connectivity index (χ4n) is 4.08. The molecule has 0 saturated carbocycles. The van der Waals surface area contributed by atoms with E-state index >= 15 is 0 Å². The Morgan fingerprint density at radius 2 is 1.77 bits per heavy atom. The zero-order valence-electron chi connectivity index (χ0n) is 17.5. The Labute approximate surface area is 181 Å². The number of carbonyl (C=O) groups excluding carboxylic acids is 2. The third-order valence-corrected chi connectivity index (χ3v) is 5.84. The Morgan fingerprint density at radius 3 is 2.52 bits per heavy atom. The van der Waals surface area contributed by atoms with Crippen LogP contribution in [0.25, 0.3) is 0 Å². The van der Waals surface area contributed by atoms with Crippen LogP contribution < -0.4 is 4.74 Å². The second kappa shape index (κ2) is 9.92. The molecule has 0 aromatic heterocycles. The lowest BCUT2D eigenvalue weighted by molar-refractivity contribution is -0.131. The minimum absolute atomic E-state index is 0.00411. The molecule has 164 valence electrons. The van der Waals surface area contributed by atoms with Crippen LogP contribution in [-0.4, -0.2) is 67.1 Å². The van der Waals surface area contributed by atoms with Gasteiger partial charge in [0.2, 0.25) is 5.91 Å². The molecule has 2 saturated heterocycles. The molecule has 2 amide bonds. The van der Waals surface area contributed by atoms with E-state index in [1.165, 1.54) is 6.07 Å². The minimum atomic E-state index is -0.352. The van der Waals surface area contributed by atoms with Crippen molar-refractivity contribution in [2.24, 2.45) is 0 Å². The van der Waals surface area contributed by atoms with E-state index in [1.807, 2.05) is 0 Å². The molecule has 2 aromatic rings. The Morgan fingerprint density at radius 1 is 1.03 bits per heavy atom. The van der Waals surface area contributed by atoms with Gasteiger partial charge in [0, 0.05) is 25.2 Å². The number of likely N-dealkylation sites (tertiary alicyclic amines) is 1. The van der Waals surface area contributed by atoms with Crippen molar-refractivity contribution in [1.29, 1.82) is 0 Å². The minimum Gasteiger partial charge on any atom is -0.491 e. The SMILES string of the molecule is O=C(c1ccc(OCC2CCCN2C(=O)Cc2ccccc2F)cc1)N1CCOCC1. The summed E-state index contributed by atoms with van der Waals surface area (Å²) in [7, 11) is 0. The first-order chi connectivity index (χ1) is 15.1. The van der Waals surface area contributed by atoms with Gasteiger partial charge >= 0.3 is 0 Å². The maximum Gasteiger partial charge on any atom is 0.254 e. The summed E-state index contributed by atoms with van der Waals surface area (Å²) in [6.07, 6.45) is 1.82. The van der Waals surface area contributed by atoms with Gasteiger partial charge in [-0.1, -0.05) is 18.2 Å². The molecular formula is C24H27FN2O4. The van der Waals surface area contributed by atoms with Crippen LogP contribution in [0.2, 0.25) is 0 Å². The normalized spacial score (nSPS) is 18.8. The number of amides is 2. The lowest BCUT2D eigenvalue weighted by Gasteiger charge is -2.27. The number of halogens is 1. The number of ether oxygens (including phenoxy) is 2. The molecule has 7 heteroatoms. The van der Waals surface area contributed by atoms with Crippen LogP contribution in [0.1, 0.15) is 28.8 Å². The number of nitrogens with zero attached hydrogens (tertiary/aromatic N) is 2. The van der Waals surface area contributed by atoms with E-state index in [0.29, 0.717) is 56.3 Å². The van der Waals surface area contributed by atoms with E-state index in [1.54, 1.807) is 52.3 Å². The molecule has 2 aliphatic heterocycles. The molecule has 2 heterocycles. The van der Waals surface area contributed by atoms with Crippen LogP contribution in [0, 0.1) is 5.82 Å². The first-order valence-corrected chi connectivity index (χ1v) is 10.7. The molecule has 0 aliphatic carbocycles. The van der Waals surface area contributed by atoms with Gasteiger partial charge in [-0.15, -0.1) is 0 Å². The van der Waals surface area contributed by atoms with E-state index in [-0.39, 0.29) is 30.1 Å². The third-order valence-electron chi connectivity index (χ3n) is 5.84. The summed E-state index contributed by atoms with van der Waals surface area (Å²) in [4.78, 5) is 28.8. The average Bonchev–Trinajstić information content (AvgIpc) is 3.28. The van der Waals surface area contributed by atoms with Gasteiger partial charge < -0.3 is 19.3 Å². The van der Waals surface area contributed by atoms with Crippen molar-refractivity contribution in [3.8, 4) is 5.75 Å². The van der Waals surface area contributed by atoms with E-state index in [2.05, 4.69) is 0 Å². The fourth-order valence-corrected chi connectivity index (χ4v) is 4.08. The highest BCUT2D eigenvalue weighted by Gasteiger charge is 2.29. The lowest BCUT2D eigenvalue weighted by atomic mass is 10.1. The Balaban J connectivity index is 1.31. The van der Waals surface area contributed by atoms with Crippen molar-refractivity contribution in [1.82, 2.24) is 9.80 Å². The third kappa shape index (κ3) is 5.22. The quantitative estimate of drug-likeness (QED) is 0.713. The molecule has 4 rings (SSSR count). The number of benzene rings is 2. The van der Waals surface area contributed by atoms with E-state index in [9.17, 15) is 14.0 Å². The van der Waals surface area contributed by atoms with E-state index in [4.69, 9.17) is 9.47 Å². The molecule has 0 spiro atoms. The average molecular weight is 426 g/mol. The topological polar surface area (TPSA) is 59.1 Å². The zero-order chi connectivity index (χ0) is 21.6. The van der Waals surface area contributed by atoms with Gasteiger partial charge in [-0.25, -0.2) is 4.39 Å². The van der Waals surface area contributed by atoms with Crippen molar-refractivity contribution in [3.05, 3.63) is 65.5 Å². The van der Waals surface area contributed by atoms with Crippen LogP contribution in [0.3, 0.4) is 0 Å². The molecule has 31 heavy (non-hydrogen) atoms. The van der Waals surface area contributed by atoms with Gasteiger partial charge in [-0.05, 0) is 48.7 Å². The zero-order valence-corrected chi connectivity index (χ0v) is 17.5. The summed E-state index contributed by atoms with van der Waals surface area (Å²) in [5.74, 6) is 0.222. The monoisotopic (exact) mass is 426 g/mol. The lowest BCUT2D eigenvalue weighted by Crippen LogP contribution is -2.40. The number of morpholine rings is 1. The van der Waals surface area contributed by atoms with Gasteiger partial charge in [0.25, 0.3) is 5.91 Å². The Kier molecular flexibility index (Phi) is 6.82. The van der Waals surface area contributed by atoms with Crippen molar-refractivity contribution < 1.29 is 23.5 Å². The van der Waals surface area contributed by atoms with Gasteiger partial charge in [0.15, 0.2) is 0 Å². The van der Waals surface area contributed by atoms with Crippen LogP contribution in [0.5, 0.6) is 5.75 Å². The van der Waals surface area contributed by atoms with Crippen LogP contribution in [0.15, 0.2) is 48.5 Å². The van der Waals surface area contributed by atoms with Crippen molar-refractivity contribution in [3.63, 3.8) is 0 Å². The molecule has 2 aromatic carbocycles. The number of rotatable bonds is 6. The number of hydrogen-bond acceptors (Lipinski definition) is 4. The van der Waals surface area contributed by atoms with Crippen molar-refractivity contribution >= 4 is 11.8 Å². The van der Waals surface area contributed by atoms with Crippen LogP contribution in [-0.2, 0) is 16.0 Å². The fraction of sp³-hybridized carbons (Fsp3) is 0.417. The Hall–Kier alpha value is -2.93. The highest BCUT2D eigenvalue weighted by Crippen LogP contribution is 2.22. The second-order valence-electron chi connectivity index (χ2n) is 7.89. The standard InChI is InChI=1S/C24H27FN2O4/c25-22-6-2-1-4-19(22)16-23(28)27-11-3-5-20(27)17-31-21-9-7-18(8-10-21)24(29)26-12-14-30-15-13-26/h1-2,4,6-10,20H,3,5,11-17H2. The molecule has 0 N–H and O–H groups in total. The summed E-state index contributed by atoms with van der Waals surface area (Å²) in [5.41, 5.74) is 1.04. The van der Waals surface area contributed by atoms with E-state index < -0.39 is 0 Å². The molecule has 1 atom stereocenters. The molecule has 0 bridgehead atoms. The molecular weight excluding hydrogens is 399 g/mol. The summed E-state index contributed by atoms with van der Waals surface area (Å²) in [5, 5.41) is 0. The van der Waals surface area contributed by atoms with Crippen LogP contribution >= 0.6 is 0 Å². The first-order valence-electron chi connectivity index (χ1n) is 10.7. The molecule has 2 aliphatic rings. The van der Waals surface area contributed by atoms with Gasteiger partial charge in [-0.3, -0.25) is 9.59 Å². The van der Waals surface area contributed by atoms with Gasteiger partial charge in [-0.2, -0.15) is 0 Å². The predicted molar refractivity (Wildman–Crippen MR) is 113 cm³/mol. The smallest absolute Gasteiger partial charge is 0.254 e. The molecule has 0 radical (unpaired) electrons. The maximum atomic E-state index is 13.9. The second-order valence-corrected chi connectivity index (χ2v) is 7.89. The maximum absolute atomic E-state index is 13.9. The highest BCUT2D eigenvalue weighted by atomic mass is 19.1. The number of carbonyl (C=O) groups is 2. The van der Waals surface area contributed by atoms with Crippen LogP contribution in [0.4, 0.5) is 4.39 Å². The molecule has 1 unspecified atom stereocenters. The Bertz CT molecular complexity index is 912.